The molecular weight excluding hydrogens is 357 g/mol. The molecule has 0 radical (unpaired) electrons. The quantitative estimate of drug-likeness (QED) is 0.891. The zero-order chi connectivity index (χ0) is 19.2. The van der Waals surface area contributed by atoms with E-state index in [1.165, 1.54) is 6.07 Å². The Hall–Kier alpha value is -2.76. The second-order valence-electron chi connectivity index (χ2n) is 7.35. The maximum Gasteiger partial charge on any atom is 0.433 e. The third kappa shape index (κ3) is 3.31. The fourth-order valence-electron chi connectivity index (χ4n) is 3.32. The van der Waals surface area contributed by atoms with E-state index >= 15 is 0 Å². The second-order valence-corrected chi connectivity index (χ2v) is 7.35. The first-order chi connectivity index (χ1) is 12.8. The van der Waals surface area contributed by atoms with Crippen molar-refractivity contribution in [2.24, 2.45) is 0 Å². The van der Waals surface area contributed by atoms with Crippen LogP contribution in [0.5, 0.6) is 0 Å². The number of pyridine rings is 1. The van der Waals surface area contributed by atoms with Crippen LogP contribution >= 0.6 is 0 Å². The first-order valence-corrected chi connectivity index (χ1v) is 8.84. The molecule has 0 aromatic carbocycles. The zero-order valence-corrected chi connectivity index (χ0v) is 14.8. The molecule has 2 aliphatic rings. The molecule has 3 heterocycles. The van der Waals surface area contributed by atoms with Gasteiger partial charge in [0.15, 0.2) is 5.82 Å². The minimum absolute atomic E-state index is 0.0974. The molecule has 27 heavy (non-hydrogen) atoms. The van der Waals surface area contributed by atoms with Crippen molar-refractivity contribution in [1.82, 2.24) is 15.2 Å². The predicted molar refractivity (Wildman–Crippen MR) is 93.6 cm³/mol. The van der Waals surface area contributed by atoms with Crippen LogP contribution in [0, 0.1) is 11.3 Å². The van der Waals surface area contributed by atoms with Crippen molar-refractivity contribution in [3.8, 4) is 6.07 Å². The number of aromatic nitrogens is 3. The largest absolute Gasteiger partial charge is 0.433 e. The van der Waals surface area contributed by atoms with Crippen LogP contribution in [0.25, 0.3) is 0 Å². The summed E-state index contributed by atoms with van der Waals surface area (Å²) in [6.07, 6.45) is -2.23. The fourth-order valence-corrected chi connectivity index (χ4v) is 3.32. The summed E-state index contributed by atoms with van der Waals surface area (Å²) in [5.74, 6) is 0.954. The Morgan fingerprint density at radius 1 is 1.15 bits per heavy atom. The average molecular weight is 376 g/mol. The molecule has 2 fully saturated rings. The van der Waals surface area contributed by atoms with Crippen molar-refractivity contribution in [2.75, 3.05) is 36.0 Å². The number of hydrogen-bond donors (Lipinski definition) is 1. The highest BCUT2D eigenvalue weighted by atomic mass is 19.4. The number of anilines is 2. The van der Waals surface area contributed by atoms with E-state index in [9.17, 15) is 18.4 Å². The predicted octanol–water partition coefficient (Wildman–Crippen LogP) is 3.07. The van der Waals surface area contributed by atoms with Crippen LogP contribution in [0.4, 0.5) is 24.8 Å². The van der Waals surface area contributed by atoms with Gasteiger partial charge in [0.1, 0.15) is 17.6 Å². The normalized spacial score (nSPS) is 19.1. The topological polar surface area (TPSA) is 71.8 Å². The van der Waals surface area contributed by atoms with Crippen molar-refractivity contribution >= 4 is 11.6 Å². The van der Waals surface area contributed by atoms with Crippen molar-refractivity contribution in [3.05, 3.63) is 35.2 Å². The van der Waals surface area contributed by atoms with E-state index in [4.69, 9.17) is 0 Å². The molecule has 0 unspecified atom stereocenters. The summed E-state index contributed by atoms with van der Waals surface area (Å²) < 4.78 is 38.9. The highest BCUT2D eigenvalue weighted by Crippen LogP contribution is 2.47. The van der Waals surface area contributed by atoms with Gasteiger partial charge >= 0.3 is 6.18 Å². The van der Waals surface area contributed by atoms with Gasteiger partial charge in [-0.3, -0.25) is 5.10 Å². The smallest absolute Gasteiger partial charge is 0.352 e. The molecular formula is C18H19F3N6. The lowest BCUT2D eigenvalue weighted by Crippen LogP contribution is -2.47. The van der Waals surface area contributed by atoms with Gasteiger partial charge in [-0.1, -0.05) is 6.92 Å². The Morgan fingerprint density at radius 2 is 1.81 bits per heavy atom. The van der Waals surface area contributed by atoms with E-state index in [0.29, 0.717) is 26.2 Å². The molecule has 6 nitrogen and oxygen atoms in total. The Morgan fingerprint density at radius 3 is 2.41 bits per heavy atom. The van der Waals surface area contributed by atoms with Gasteiger partial charge in [-0.05, 0) is 25.0 Å². The van der Waals surface area contributed by atoms with Crippen LogP contribution in [0.2, 0.25) is 0 Å². The molecule has 1 aliphatic heterocycles. The Labute approximate surface area is 154 Å². The summed E-state index contributed by atoms with van der Waals surface area (Å²) >= 11 is 0. The standard InChI is InChI=1S/C18H19F3N6/c1-17(4-5-17)14-10-15(25-24-14)26-6-8-27(9-7-26)16-12(11-22)2-3-13(23-16)18(19,20)21/h2-3,10H,4-9H2,1H3,(H,24,25). The molecule has 2 aromatic heterocycles. The van der Waals surface area contributed by atoms with Crippen molar-refractivity contribution in [2.45, 2.75) is 31.4 Å². The monoisotopic (exact) mass is 376 g/mol. The van der Waals surface area contributed by atoms with Gasteiger partial charge in [-0.15, -0.1) is 0 Å². The maximum absolute atomic E-state index is 13.0. The van der Waals surface area contributed by atoms with Gasteiger partial charge in [0.25, 0.3) is 0 Å². The van der Waals surface area contributed by atoms with E-state index in [2.05, 4.69) is 33.1 Å². The molecule has 4 rings (SSSR count). The number of nitrogens with zero attached hydrogens (tertiary/aromatic N) is 5. The number of aromatic amines is 1. The Bertz CT molecular complexity index is 885. The van der Waals surface area contributed by atoms with Crippen LogP contribution in [0.1, 0.15) is 36.7 Å². The van der Waals surface area contributed by atoms with Crippen LogP contribution in [0.3, 0.4) is 0 Å². The summed E-state index contributed by atoms with van der Waals surface area (Å²) in [7, 11) is 0. The summed E-state index contributed by atoms with van der Waals surface area (Å²) in [5.41, 5.74) is 0.511. The number of piperazine rings is 1. The lowest BCUT2D eigenvalue weighted by molar-refractivity contribution is -0.141. The number of nitriles is 1. The molecule has 1 saturated heterocycles. The summed E-state index contributed by atoms with van der Waals surface area (Å²) in [6, 6.07) is 6.04. The van der Waals surface area contributed by atoms with E-state index < -0.39 is 11.9 Å². The Kier molecular flexibility index (Phi) is 4.02. The molecule has 0 amide bonds. The van der Waals surface area contributed by atoms with Gasteiger partial charge in [0.05, 0.1) is 5.56 Å². The molecule has 0 atom stereocenters. The van der Waals surface area contributed by atoms with E-state index in [1.54, 1.807) is 4.90 Å². The molecule has 1 aliphatic carbocycles. The van der Waals surface area contributed by atoms with Gasteiger partial charge in [-0.2, -0.15) is 23.5 Å². The third-order valence-electron chi connectivity index (χ3n) is 5.40. The minimum atomic E-state index is -4.53. The van der Waals surface area contributed by atoms with Crippen molar-refractivity contribution in [3.63, 3.8) is 0 Å². The van der Waals surface area contributed by atoms with E-state index in [1.807, 2.05) is 6.07 Å². The minimum Gasteiger partial charge on any atom is -0.352 e. The molecule has 1 saturated carbocycles. The van der Waals surface area contributed by atoms with Gasteiger partial charge in [-0.25, -0.2) is 4.98 Å². The maximum atomic E-state index is 13.0. The molecule has 9 heteroatoms. The number of nitrogens with one attached hydrogen (secondary N) is 1. The van der Waals surface area contributed by atoms with Gasteiger partial charge in [0, 0.05) is 43.4 Å². The number of halogens is 3. The average Bonchev–Trinajstić information content (AvgIpc) is 3.20. The first kappa shape index (κ1) is 17.6. The van der Waals surface area contributed by atoms with Gasteiger partial charge in [0.2, 0.25) is 0 Å². The van der Waals surface area contributed by atoms with Crippen molar-refractivity contribution in [1.29, 1.82) is 5.26 Å². The lowest BCUT2D eigenvalue weighted by Gasteiger charge is -2.36. The SMILES string of the molecule is CC1(c2cc(N3CCN(c4nc(C(F)(F)F)ccc4C#N)CC3)n[nH]2)CC1. The van der Waals surface area contributed by atoms with Crippen LogP contribution in [-0.2, 0) is 11.6 Å². The van der Waals surface area contributed by atoms with Crippen LogP contribution in [0.15, 0.2) is 18.2 Å². The second kappa shape index (κ2) is 6.15. The number of rotatable bonds is 3. The molecule has 2 aromatic rings. The highest BCUT2D eigenvalue weighted by molar-refractivity contribution is 5.56. The molecule has 142 valence electrons. The first-order valence-electron chi connectivity index (χ1n) is 8.84. The zero-order valence-electron chi connectivity index (χ0n) is 14.8. The summed E-state index contributed by atoms with van der Waals surface area (Å²) in [5, 5.41) is 16.7. The number of alkyl halides is 3. The third-order valence-corrected chi connectivity index (χ3v) is 5.40. The van der Waals surface area contributed by atoms with Crippen molar-refractivity contribution < 1.29 is 13.2 Å². The molecule has 0 spiro atoms. The molecule has 0 bridgehead atoms. The highest BCUT2D eigenvalue weighted by Gasteiger charge is 2.41. The fraction of sp³-hybridized carbons (Fsp3) is 0.500. The van der Waals surface area contributed by atoms with Crippen LogP contribution < -0.4 is 9.80 Å². The number of H-pyrrole nitrogens is 1. The van der Waals surface area contributed by atoms with Crippen LogP contribution in [-0.4, -0.2) is 41.4 Å². The molecule has 1 N–H and O–H groups in total. The van der Waals surface area contributed by atoms with E-state index in [0.717, 1.165) is 30.4 Å². The van der Waals surface area contributed by atoms with E-state index in [-0.39, 0.29) is 16.8 Å². The van der Waals surface area contributed by atoms with Gasteiger partial charge < -0.3 is 9.80 Å². The summed E-state index contributed by atoms with van der Waals surface area (Å²) in [4.78, 5) is 7.55. The summed E-state index contributed by atoms with van der Waals surface area (Å²) in [6.45, 7) is 4.35. The lowest BCUT2D eigenvalue weighted by atomic mass is 10.1. The Balaban J connectivity index is 1.49. The number of hydrogen-bond acceptors (Lipinski definition) is 5.